The Balaban J connectivity index is 1.47. The van der Waals surface area contributed by atoms with E-state index in [9.17, 15) is 9.59 Å². The van der Waals surface area contributed by atoms with E-state index in [1.54, 1.807) is 36.1 Å². The van der Waals surface area contributed by atoms with E-state index in [-0.39, 0.29) is 18.2 Å². The summed E-state index contributed by atoms with van der Waals surface area (Å²) in [6.07, 6.45) is 0.0702. The third kappa shape index (κ3) is 4.38. The SMILES string of the molecule is Cc1oc(-c2cccs2)nc1CC(=O)Nc1ccccc1C(=O)N1CCOCC1. The molecule has 150 valence electrons. The van der Waals surface area contributed by atoms with Crippen molar-refractivity contribution in [3.63, 3.8) is 0 Å². The number of carbonyl (C=O) groups excluding carboxylic acids is 2. The maximum absolute atomic E-state index is 12.8. The molecule has 1 aromatic carbocycles. The second-order valence-electron chi connectivity index (χ2n) is 6.67. The number of amides is 2. The number of aromatic nitrogens is 1. The minimum absolute atomic E-state index is 0.0702. The number of aryl methyl sites for hydroxylation is 1. The van der Waals surface area contributed by atoms with Gasteiger partial charge in [0.15, 0.2) is 0 Å². The normalized spacial score (nSPS) is 14.0. The summed E-state index contributed by atoms with van der Waals surface area (Å²) in [5, 5.41) is 4.80. The van der Waals surface area contributed by atoms with Crippen LogP contribution < -0.4 is 5.32 Å². The fourth-order valence-corrected chi connectivity index (χ4v) is 3.81. The molecule has 0 unspecified atom stereocenters. The number of morpholine rings is 1. The van der Waals surface area contributed by atoms with Crippen molar-refractivity contribution in [3.8, 4) is 10.8 Å². The lowest BCUT2D eigenvalue weighted by atomic mass is 10.1. The summed E-state index contributed by atoms with van der Waals surface area (Å²) in [4.78, 5) is 32.6. The number of anilines is 1. The summed E-state index contributed by atoms with van der Waals surface area (Å²) in [6, 6.07) is 10.9. The third-order valence-corrected chi connectivity index (χ3v) is 5.54. The molecule has 1 saturated heterocycles. The fraction of sp³-hybridized carbons (Fsp3) is 0.286. The van der Waals surface area contributed by atoms with Crippen LogP contribution in [0.2, 0.25) is 0 Å². The molecule has 7 nitrogen and oxygen atoms in total. The Morgan fingerprint density at radius 1 is 1.17 bits per heavy atom. The van der Waals surface area contributed by atoms with Gasteiger partial charge in [-0.15, -0.1) is 11.3 Å². The van der Waals surface area contributed by atoms with Crippen LogP contribution in [0.5, 0.6) is 0 Å². The van der Waals surface area contributed by atoms with Crippen LogP contribution in [0.25, 0.3) is 10.8 Å². The van der Waals surface area contributed by atoms with E-state index in [2.05, 4.69) is 10.3 Å². The maximum atomic E-state index is 12.8. The zero-order chi connectivity index (χ0) is 20.2. The lowest BCUT2D eigenvalue weighted by Crippen LogP contribution is -2.41. The number of benzene rings is 1. The Morgan fingerprint density at radius 3 is 2.72 bits per heavy atom. The van der Waals surface area contributed by atoms with Gasteiger partial charge < -0.3 is 19.4 Å². The molecule has 2 aromatic heterocycles. The summed E-state index contributed by atoms with van der Waals surface area (Å²) in [5.74, 6) is 0.771. The highest BCUT2D eigenvalue weighted by molar-refractivity contribution is 7.13. The van der Waals surface area contributed by atoms with E-state index in [0.717, 1.165) is 4.88 Å². The number of carbonyl (C=O) groups is 2. The number of nitrogens with one attached hydrogen (secondary N) is 1. The van der Waals surface area contributed by atoms with Crippen LogP contribution in [0.4, 0.5) is 5.69 Å². The third-order valence-electron chi connectivity index (χ3n) is 4.68. The zero-order valence-electron chi connectivity index (χ0n) is 16.0. The number of ether oxygens (including phenoxy) is 1. The number of oxazole rings is 1. The van der Waals surface area contributed by atoms with Crippen molar-refractivity contribution in [2.24, 2.45) is 0 Å². The molecular weight excluding hydrogens is 390 g/mol. The standard InChI is InChI=1S/C21H21N3O4S/c1-14-17(23-20(28-14)18-7-4-12-29-18)13-19(25)22-16-6-3-2-5-15(16)21(26)24-8-10-27-11-9-24/h2-7,12H,8-11,13H2,1H3,(H,22,25). The average molecular weight is 411 g/mol. The summed E-state index contributed by atoms with van der Waals surface area (Å²) in [7, 11) is 0. The number of para-hydroxylation sites is 1. The predicted molar refractivity (Wildman–Crippen MR) is 110 cm³/mol. The van der Waals surface area contributed by atoms with Crippen molar-refractivity contribution in [1.82, 2.24) is 9.88 Å². The zero-order valence-corrected chi connectivity index (χ0v) is 16.8. The second kappa shape index (κ2) is 8.59. The fourth-order valence-electron chi connectivity index (χ4n) is 3.16. The molecule has 2 amide bonds. The van der Waals surface area contributed by atoms with Crippen molar-refractivity contribution < 1.29 is 18.7 Å². The highest BCUT2D eigenvalue weighted by atomic mass is 32.1. The average Bonchev–Trinajstić information content (AvgIpc) is 3.39. The molecule has 8 heteroatoms. The molecule has 3 aromatic rings. The van der Waals surface area contributed by atoms with Crippen LogP contribution in [0.1, 0.15) is 21.8 Å². The Kier molecular flexibility index (Phi) is 5.73. The van der Waals surface area contributed by atoms with Gasteiger partial charge in [0.2, 0.25) is 11.8 Å². The number of hydrogen-bond acceptors (Lipinski definition) is 6. The molecule has 0 aliphatic carbocycles. The molecule has 1 fully saturated rings. The van der Waals surface area contributed by atoms with E-state index in [1.807, 2.05) is 17.5 Å². The van der Waals surface area contributed by atoms with Crippen molar-refractivity contribution >= 4 is 28.8 Å². The van der Waals surface area contributed by atoms with Gasteiger partial charge in [-0.05, 0) is 30.5 Å². The van der Waals surface area contributed by atoms with Gasteiger partial charge in [0.25, 0.3) is 5.91 Å². The van der Waals surface area contributed by atoms with Crippen LogP contribution in [0.15, 0.2) is 46.2 Å². The van der Waals surface area contributed by atoms with Gasteiger partial charge in [0.1, 0.15) is 5.76 Å². The first-order valence-corrected chi connectivity index (χ1v) is 10.3. The largest absolute Gasteiger partial charge is 0.440 e. The molecule has 0 radical (unpaired) electrons. The Bertz CT molecular complexity index is 1010. The smallest absolute Gasteiger partial charge is 0.256 e. The number of thiophene rings is 1. The quantitative estimate of drug-likeness (QED) is 0.696. The van der Waals surface area contributed by atoms with Gasteiger partial charge in [-0.3, -0.25) is 9.59 Å². The molecule has 3 heterocycles. The van der Waals surface area contributed by atoms with E-state index in [0.29, 0.717) is 54.9 Å². The first kappa shape index (κ1) is 19.4. The Labute approximate surface area is 172 Å². The van der Waals surface area contributed by atoms with Crippen molar-refractivity contribution in [3.05, 3.63) is 58.8 Å². The molecule has 0 bridgehead atoms. The van der Waals surface area contributed by atoms with Crippen LogP contribution >= 0.6 is 11.3 Å². The maximum Gasteiger partial charge on any atom is 0.256 e. The van der Waals surface area contributed by atoms with Gasteiger partial charge in [-0.25, -0.2) is 4.98 Å². The number of nitrogens with zero attached hydrogens (tertiary/aromatic N) is 2. The van der Waals surface area contributed by atoms with Crippen LogP contribution in [0, 0.1) is 6.92 Å². The van der Waals surface area contributed by atoms with Crippen molar-refractivity contribution in [1.29, 1.82) is 0 Å². The topological polar surface area (TPSA) is 84.7 Å². The van der Waals surface area contributed by atoms with E-state index in [4.69, 9.17) is 9.15 Å². The van der Waals surface area contributed by atoms with Crippen molar-refractivity contribution in [2.45, 2.75) is 13.3 Å². The van der Waals surface area contributed by atoms with Gasteiger partial charge in [-0.1, -0.05) is 18.2 Å². The lowest BCUT2D eigenvalue weighted by molar-refractivity contribution is -0.115. The van der Waals surface area contributed by atoms with Gasteiger partial charge >= 0.3 is 0 Å². The highest BCUT2D eigenvalue weighted by Gasteiger charge is 2.22. The van der Waals surface area contributed by atoms with Gasteiger partial charge in [0, 0.05) is 13.1 Å². The minimum Gasteiger partial charge on any atom is -0.440 e. The summed E-state index contributed by atoms with van der Waals surface area (Å²) in [5.41, 5.74) is 1.55. The molecule has 1 N–H and O–H groups in total. The van der Waals surface area contributed by atoms with Crippen LogP contribution in [-0.4, -0.2) is 48.0 Å². The van der Waals surface area contributed by atoms with E-state index < -0.39 is 0 Å². The lowest BCUT2D eigenvalue weighted by Gasteiger charge is -2.27. The summed E-state index contributed by atoms with van der Waals surface area (Å²) >= 11 is 1.53. The van der Waals surface area contributed by atoms with Gasteiger partial charge in [-0.2, -0.15) is 0 Å². The summed E-state index contributed by atoms with van der Waals surface area (Å²) < 4.78 is 11.0. The van der Waals surface area contributed by atoms with Gasteiger partial charge in [0.05, 0.1) is 41.5 Å². The molecule has 0 atom stereocenters. The molecule has 4 rings (SSSR count). The first-order chi connectivity index (χ1) is 14.1. The first-order valence-electron chi connectivity index (χ1n) is 9.38. The monoisotopic (exact) mass is 411 g/mol. The summed E-state index contributed by atoms with van der Waals surface area (Å²) in [6.45, 7) is 3.94. The molecule has 0 saturated carbocycles. The highest BCUT2D eigenvalue weighted by Crippen LogP contribution is 2.26. The second-order valence-corrected chi connectivity index (χ2v) is 7.62. The molecule has 1 aliphatic rings. The molecule has 29 heavy (non-hydrogen) atoms. The van der Waals surface area contributed by atoms with E-state index in [1.165, 1.54) is 11.3 Å². The molecular formula is C21H21N3O4S. The van der Waals surface area contributed by atoms with Crippen LogP contribution in [0.3, 0.4) is 0 Å². The molecule has 1 aliphatic heterocycles. The minimum atomic E-state index is -0.249. The molecule has 0 spiro atoms. The van der Waals surface area contributed by atoms with Crippen LogP contribution in [-0.2, 0) is 16.0 Å². The number of rotatable bonds is 5. The number of hydrogen-bond donors (Lipinski definition) is 1. The van der Waals surface area contributed by atoms with Crippen molar-refractivity contribution in [2.75, 3.05) is 31.6 Å². The predicted octanol–water partition coefficient (Wildman–Crippen LogP) is 3.37. The Morgan fingerprint density at radius 2 is 1.97 bits per heavy atom. The Hall–Kier alpha value is -2.97. The van der Waals surface area contributed by atoms with E-state index >= 15 is 0 Å².